The van der Waals surface area contributed by atoms with Crippen LogP contribution < -0.4 is 0 Å². The van der Waals surface area contributed by atoms with Gasteiger partial charge in [-0.15, -0.1) is 0 Å². The number of benzene rings is 2. The Kier molecular flexibility index (Phi) is 6.15. The van der Waals surface area contributed by atoms with Crippen molar-refractivity contribution in [3.63, 3.8) is 0 Å². The highest BCUT2D eigenvalue weighted by molar-refractivity contribution is 9.10. The van der Waals surface area contributed by atoms with Gasteiger partial charge < -0.3 is 10.2 Å². The first-order valence-electron chi connectivity index (χ1n) is 6.54. The molecule has 2 aromatic rings. The van der Waals surface area contributed by atoms with E-state index in [1.807, 2.05) is 12.1 Å². The lowest BCUT2D eigenvalue weighted by atomic mass is 10.2. The maximum absolute atomic E-state index is 9.72. The molecule has 22 heavy (non-hydrogen) atoms. The van der Waals surface area contributed by atoms with Crippen LogP contribution in [0.15, 0.2) is 55.3 Å². The summed E-state index contributed by atoms with van der Waals surface area (Å²) in [6.07, 6.45) is 3.23. The van der Waals surface area contributed by atoms with Crippen LogP contribution in [0.25, 0.3) is 0 Å². The molecule has 0 fully saturated rings. The molecule has 0 radical (unpaired) electrons. The second-order valence-corrected chi connectivity index (χ2v) is 6.12. The van der Waals surface area contributed by atoms with Crippen molar-refractivity contribution in [1.29, 1.82) is 0 Å². The van der Waals surface area contributed by atoms with E-state index >= 15 is 0 Å². The second-order valence-electron chi connectivity index (χ2n) is 4.42. The van der Waals surface area contributed by atoms with Gasteiger partial charge in [-0.3, -0.25) is 9.98 Å². The van der Waals surface area contributed by atoms with E-state index in [9.17, 15) is 10.2 Å². The molecule has 2 N–H and O–H groups in total. The van der Waals surface area contributed by atoms with Gasteiger partial charge in [0.1, 0.15) is 11.5 Å². The Labute approximate surface area is 145 Å². The van der Waals surface area contributed by atoms with Crippen LogP contribution in [0.1, 0.15) is 11.1 Å². The molecular formula is C16H14Br2N2O2. The van der Waals surface area contributed by atoms with E-state index in [1.165, 1.54) is 0 Å². The van der Waals surface area contributed by atoms with Crippen LogP contribution in [0.4, 0.5) is 0 Å². The van der Waals surface area contributed by atoms with E-state index in [0.717, 1.165) is 8.95 Å². The average Bonchev–Trinajstić information content (AvgIpc) is 2.47. The van der Waals surface area contributed by atoms with E-state index in [2.05, 4.69) is 41.8 Å². The Bertz CT molecular complexity index is 613. The first-order valence-corrected chi connectivity index (χ1v) is 8.13. The van der Waals surface area contributed by atoms with Gasteiger partial charge in [0, 0.05) is 32.5 Å². The molecule has 0 unspecified atom stereocenters. The highest BCUT2D eigenvalue weighted by Crippen LogP contribution is 2.24. The van der Waals surface area contributed by atoms with Crippen molar-refractivity contribution in [1.82, 2.24) is 0 Å². The molecule has 6 heteroatoms. The number of hydrogen-bond donors (Lipinski definition) is 2. The molecule has 114 valence electrons. The summed E-state index contributed by atoms with van der Waals surface area (Å²) in [5.41, 5.74) is 1.30. The van der Waals surface area contributed by atoms with Gasteiger partial charge in [-0.1, -0.05) is 12.1 Å². The molecule has 0 aromatic heterocycles. The third-order valence-corrected chi connectivity index (χ3v) is 4.24. The van der Waals surface area contributed by atoms with Crippen LogP contribution in [-0.4, -0.2) is 35.7 Å². The third kappa shape index (κ3) is 4.42. The predicted octanol–water partition coefficient (Wildman–Crippen LogP) is 4.16. The molecule has 0 aliphatic carbocycles. The lowest BCUT2D eigenvalue weighted by Gasteiger charge is -2.01. The quantitative estimate of drug-likeness (QED) is 0.557. The number of aliphatic imine (C=N–C) groups is 2. The number of phenols is 2. The maximum Gasteiger partial charge on any atom is 0.125 e. The molecule has 4 nitrogen and oxygen atoms in total. The van der Waals surface area contributed by atoms with Crippen LogP contribution >= 0.6 is 31.9 Å². The number of phenolic OH excluding ortho intramolecular Hbond substituents is 2. The van der Waals surface area contributed by atoms with Gasteiger partial charge in [0.15, 0.2) is 0 Å². The number of halogens is 2. The van der Waals surface area contributed by atoms with Gasteiger partial charge in [-0.05, 0) is 56.1 Å². The van der Waals surface area contributed by atoms with Crippen LogP contribution in [0.2, 0.25) is 0 Å². The minimum atomic E-state index is 0.180. The SMILES string of the molecule is Oc1cccc(Br)c1/C=N/CC/N=C/c1c(O)cccc1Br. The fourth-order valence-corrected chi connectivity index (χ4v) is 2.65. The minimum Gasteiger partial charge on any atom is -0.507 e. The first-order chi connectivity index (χ1) is 10.6. The van der Waals surface area contributed by atoms with Crippen LogP contribution in [0.5, 0.6) is 11.5 Å². The molecule has 0 amide bonds. The Morgan fingerprint density at radius 2 is 1.18 bits per heavy atom. The highest BCUT2D eigenvalue weighted by atomic mass is 79.9. The summed E-state index contributed by atoms with van der Waals surface area (Å²) in [5.74, 6) is 0.361. The Hall–Kier alpha value is -1.66. The molecule has 2 rings (SSSR count). The fourth-order valence-electron chi connectivity index (χ4n) is 1.73. The lowest BCUT2D eigenvalue weighted by molar-refractivity contribution is 0.473. The topological polar surface area (TPSA) is 65.2 Å². The second kappa shape index (κ2) is 8.10. The molecule has 0 aliphatic heterocycles. The smallest absolute Gasteiger partial charge is 0.125 e. The van der Waals surface area contributed by atoms with Gasteiger partial charge in [0.05, 0.1) is 13.1 Å². The van der Waals surface area contributed by atoms with Gasteiger partial charge in [-0.2, -0.15) is 0 Å². The monoisotopic (exact) mass is 424 g/mol. The third-order valence-electron chi connectivity index (χ3n) is 2.86. The lowest BCUT2D eigenvalue weighted by Crippen LogP contribution is -1.92. The molecular weight excluding hydrogens is 412 g/mol. The normalized spacial score (nSPS) is 11.5. The summed E-state index contributed by atoms with van der Waals surface area (Å²) in [6, 6.07) is 10.4. The molecule has 0 atom stereocenters. The minimum absolute atomic E-state index is 0.180. The molecule has 0 saturated heterocycles. The van der Waals surface area contributed by atoms with Crippen LogP contribution in [-0.2, 0) is 0 Å². The van der Waals surface area contributed by atoms with Crippen LogP contribution in [0.3, 0.4) is 0 Å². The van der Waals surface area contributed by atoms with Crippen molar-refractivity contribution in [2.45, 2.75) is 0 Å². The van der Waals surface area contributed by atoms with Crippen molar-refractivity contribution in [3.05, 3.63) is 56.5 Å². The Morgan fingerprint density at radius 1 is 0.773 bits per heavy atom. The summed E-state index contributed by atoms with van der Waals surface area (Å²) in [5, 5.41) is 19.4. The summed E-state index contributed by atoms with van der Waals surface area (Å²) >= 11 is 6.73. The predicted molar refractivity (Wildman–Crippen MR) is 96.5 cm³/mol. The van der Waals surface area contributed by atoms with E-state index in [-0.39, 0.29) is 11.5 Å². The summed E-state index contributed by atoms with van der Waals surface area (Å²) in [6.45, 7) is 0.977. The average molecular weight is 426 g/mol. The largest absolute Gasteiger partial charge is 0.507 e. The number of aromatic hydroxyl groups is 2. The van der Waals surface area contributed by atoms with Crippen molar-refractivity contribution in [3.8, 4) is 11.5 Å². The number of nitrogens with zero attached hydrogens (tertiary/aromatic N) is 2. The van der Waals surface area contributed by atoms with Gasteiger partial charge in [0.2, 0.25) is 0 Å². The van der Waals surface area contributed by atoms with Crippen molar-refractivity contribution < 1.29 is 10.2 Å². The van der Waals surface area contributed by atoms with E-state index < -0.39 is 0 Å². The van der Waals surface area contributed by atoms with Crippen molar-refractivity contribution >= 4 is 44.3 Å². The Morgan fingerprint density at radius 3 is 1.55 bits per heavy atom. The van der Waals surface area contributed by atoms with Gasteiger partial charge in [0.25, 0.3) is 0 Å². The van der Waals surface area contributed by atoms with Gasteiger partial charge in [-0.25, -0.2) is 0 Å². The maximum atomic E-state index is 9.72. The zero-order chi connectivity index (χ0) is 15.9. The van der Waals surface area contributed by atoms with Crippen LogP contribution in [0, 0.1) is 0 Å². The summed E-state index contributed by atoms with van der Waals surface area (Å²) in [7, 11) is 0. The zero-order valence-corrected chi connectivity index (χ0v) is 14.7. The molecule has 0 bridgehead atoms. The molecule has 0 aliphatic rings. The van der Waals surface area contributed by atoms with Crippen molar-refractivity contribution in [2.75, 3.05) is 13.1 Å². The zero-order valence-electron chi connectivity index (χ0n) is 11.6. The van der Waals surface area contributed by atoms with E-state index in [1.54, 1.807) is 36.7 Å². The van der Waals surface area contributed by atoms with E-state index in [0.29, 0.717) is 24.2 Å². The fraction of sp³-hybridized carbons (Fsp3) is 0.125. The molecule has 0 heterocycles. The summed E-state index contributed by atoms with van der Waals surface area (Å²) < 4.78 is 1.58. The first kappa shape index (κ1) is 16.7. The van der Waals surface area contributed by atoms with Crippen molar-refractivity contribution in [2.24, 2.45) is 9.98 Å². The molecule has 0 saturated carbocycles. The van der Waals surface area contributed by atoms with E-state index in [4.69, 9.17) is 0 Å². The summed E-state index contributed by atoms with van der Waals surface area (Å²) in [4.78, 5) is 8.47. The highest BCUT2D eigenvalue weighted by Gasteiger charge is 2.02. The standard InChI is InChI=1S/C16H14Br2N2O2/c17-13-3-1-5-15(21)11(13)9-19-7-8-20-10-12-14(18)4-2-6-16(12)22/h1-6,9-10,21-22H,7-8H2/b19-9+,20-10+. The van der Waals surface area contributed by atoms with Gasteiger partial charge >= 0.3 is 0 Å². The Balaban J connectivity index is 1.92. The molecule has 0 spiro atoms. The number of hydrogen-bond acceptors (Lipinski definition) is 4. The molecule has 2 aromatic carbocycles. The number of rotatable bonds is 5.